The summed E-state index contributed by atoms with van der Waals surface area (Å²) in [6.07, 6.45) is 3.22. The van der Waals surface area contributed by atoms with E-state index < -0.39 is 0 Å². The van der Waals surface area contributed by atoms with Crippen LogP contribution in [-0.2, 0) is 0 Å². The molecule has 0 aromatic carbocycles. The first-order valence-corrected chi connectivity index (χ1v) is 2.45. The van der Waals surface area contributed by atoms with Crippen LogP contribution < -0.4 is 0 Å². The molecule has 0 aliphatic heterocycles. The molecule has 2 rings (SSSR count). The van der Waals surface area contributed by atoms with Crippen LogP contribution in [-0.4, -0.2) is 25.3 Å². The van der Waals surface area contributed by atoms with Crippen LogP contribution in [0.5, 0.6) is 0 Å². The van der Waals surface area contributed by atoms with Gasteiger partial charge in [0.05, 0.1) is 12.4 Å². The zero-order chi connectivity index (χ0) is 6.10. The molecule has 2 heterocycles. The van der Waals surface area contributed by atoms with Gasteiger partial charge in [-0.1, -0.05) is 0 Å². The van der Waals surface area contributed by atoms with Crippen LogP contribution in [0.2, 0.25) is 0 Å². The van der Waals surface area contributed by atoms with E-state index in [0.717, 1.165) is 5.52 Å². The third kappa shape index (κ3) is 0.543. The molecule has 0 aliphatic rings. The van der Waals surface area contributed by atoms with Gasteiger partial charge in [0.25, 0.3) is 0 Å². The Hall–Kier alpha value is -1.52. The van der Waals surface area contributed by atoms with Gasteiger partial charge in [-0.25, -0.2) is 0 Å². The maximum atomic E-state index is 3.63. The van der Waals surface area contributed by atoms with Gasteiger partial charge in [-0.05, 0) is 16.5 Å². The summed E-state index contributed by atoms with van der Waals surface area (Å²) in [5.74, 6) is 0. The summed E-state index contributed by atoms with van der Waals surface area (Å²) < 4.78 is 1.36. The van der Waals surface area contributed by atoms with E-state index in [4.69, 9.17) is 0 Å². The molecule has 0 amide bonds. The van der Waals surface area contributed by atoms with Crippen LogP contribution >= 0.6 is 0 Å². The first-order chi connectivity index (χ1) is 4.47. The lowest BCUT2D eigenvalue weighted by Gasteiger charge is -1.81. The smallest absolute Gasteiger partial charge is 0.111 e. The predicted octanol–water partition coefficient (Wildman–Crippen LogP) is -0.481. The number of aromatic nitrogens is 5. The van der Waals surface area contributed by atoms with Gasteiger partial charge in [-0.15, -0.1) is 14.8 Å². The molecule has 5 heteroatoms. The first kappa shape index (κ1) is 4.37. The van der Waals surface area contributed by atoms with Crippen LogP contribution in [0, 0.1) is 0 Å². The normalized spacial score (nSPS) is 10.2. The highest BCUT2D eigenvalue weighted by molar-refractivity contribution is 5.39. The first-order valence-electron chi connectivity index (χ1n) is 2.45. The van der Waals surface area contributed by atoms with Crippen molar-refractivity contribution in [3.63, 3.8) is 0 Å². The predicted molar refractivity (Wildman–Crippen MR) is 28.6 cm³/mol. The van der Waals surface area contributed by atoms with E-state index in [1.54, 1.807) is 18.5 Å². The molecule has 0 unspecified atom stereocenters. The minimum absolute atomic E-state index is 0.852. The third-order valence-electron chi connectivity index (χ3n) is 1.01. The largest absolute Gasteiger partial charge is 0.139 e. The van der Waals surface area contributed by atoms with Crippen molar-refractivity contribution in [3.05, 3.63) is 18.5 Å². The Morgan fingerprint density at radius 1 is 1.22 bits per heavy atom. The van der Waals surface area contributed by atoms with Gasteiger partial charge in [0.15, 0.2) is 0 Å². The van der Waals surface area contributed by atoms with E-state index in [9.17, 15) is 0 Å². The Kier molecular flexibility index (Phi) is 0.717. The lowest BCUT2D eigenvalue weighted by molar-refractivity contribution is 0.682. The fourth-order valence-electron chi connectivity index (χ4n) is 0.605. The lowest BCUT2D eigenvalue weighted by Crippen LogP contribution is -1.94. The Bertz CT molecular complexity index is 283. The van der Waals surface area contributed by atoms with Crippen molar-refractivity contribution in [2.45, 2.75) is 0 Å². The number of hydrogen-bond donors (Lipinski definition) is 0. The van der Waals surface area contributed by atoms with Crippen molar-refractivity contribution < 1.29 is 0 Å². The van der Waals surface area contributed by atoms with Crippen LogP contribution in [0.1, 0.15) is 0 Å². The van der Waals surface area contributed by atoms with Crippen molar-refractivity contribution >= 4 is 5.52 Å². The molecular formula is C4H3N5. The van der Waals surface area contributed by atoms with Crippen LogP contribution in [0.15, 0.2) is 18.5 Å². The molecule has 0 spiro atoms. The summed E-state index contributed by atoms with van der Waals surface area (Å²) in [5.41, 5.74) is 0.852. The Morgan fingerprint density at radius 3 is 3.00 bits per heavy atom. The quantitative estimate of drug-likeness (QED) is 0.472. The molecule has 9 heavy (non-hydrogen) atoms. The van der Waals surface area contributed by atoms with E-state index in [1.807, 2.05) is 0 Å². The Labute approximate surface area is 50.3 Å². The van der Waals surface area contributed by atoms with Gasteiger partial charge >= 0.3 is 0 Å². The SMILES string of the molecule is c1cc2cnnn2nn1. The maximum Gasteiger partial charge on any atom is 0.111 e. The van der Waals surface area contributed by atoms with E-state index in [0.29, 0.717) is 0 Å². The second-order valence-corrected chi connectivity index (χ2v) is 1.57. The van der Waals surface area contributed by atoms with E-state index in [1.165, 1.54) is 4.63 Å². The van der Waals surface area contributed by atoms with E-state index >= 15 is 0 Å². The molecule has 0 atom stereocenters. The molecule has 0 aliphatic carbocycles. The molecule has 2 aromatic rings. The van der Waals surface area contributed by atoms with Crippen molar-refractivity contribution in [2.75, 3.05) is 0 Å². The Balaban J connectivity index is 2.95. The zero-order valence-electron chi connectivity index (χ0n) is 4.47. The van der Waals surface area contributed by atoms with Crippen LogP contribution in [0.25, 0.3) is 5.52 Å². The zero-order valence-corrected chi connectivity index (χ0v) is 4.47. The third-order valence-corrected chi connectivity index (χ3v) is 1.01. The molecule has 0 radical (unpaired) electrons. The summed E-state index contributed by atoms with van der Waals surface area (Å²) in [4.78, 5) is 0. The van der Waals surface area contributed by atoms with E-state index in [2.05, 4.69) is 20.6 Å². The van der Waals surface area contributed by atoms with Gasteiger partial charge in [-0.2, -0.15) is 0 Å². The molecule has 2 aromatic heterocycles. The number of hydrogen-bond acceptors (Lipinski definition) is 4. The second kappa shape index (κ2) is 1.48. The van der Waals surface area contributed by atoms with Gasteiger partial charge < -0.3 is 0 Å². The molecule has 0 N–H and O–H groups in total. The highest BCUT2D eigenvalue weighted by Gasteiger charge is 1.89. The fraction of sp³-hybridized carbons (Fsp3) is 0. The summed E-state index contributed by atoms with van der Waals surface area (Å²) in [6, 6.07) is 1.78. The van der Waals surface area contributed by atoms with Gasteiger partial charge in [-0.3, -0.25) is 0 Å². The number of fused-ring (bicyclic) bond motifs is 1. The standard InChI is InChI=1S/C4H3N5/c1-2-5-7-9-4(1)3-6-8-9/h1-3H. The molecule has 0 fully saturated rings. The molecule has 44 valence electrons. The van der Waals surface area contributed by atoms with Crippen molar-refractivity contribution in [1.82, 2.24) is 25.3 Å². The van der Waals surface area contributed by atoms with Crippen molar-refractivity contribution in [3.8, 4) is 0 Å². The minimum Gasteiger partial charge on any atom is -0.139 e. The average molecular weight is 121 g/mol. The molecular weight excluding hydrogens is 118 g/mol. The van der Waals surface area contributed by atoms with Crippen LogP contribution in [0.3, 0.4) is 0 Å². The average Bonchev–Trinajstić information content (AvgIpc) is 2.33. The minimum atomic E-state index is 0.852. The Morgan fingerprint density at radius 2 is 2.11 bits per heavy atom. The van der Waals surface area contributed by atoms with Crippen molar-refractivity contribution in [2.24, 2.45) is 0 Å². The molecule has 5 nitrogen and oxygen atoms in total. The molecule has 0 saturated carbocycles. The molecule has 0 bridgehead atoms. The van der Waals surface area contributed by atoms with E-state index in [-0.39, 0.29) is 0 Å². The summed E-state index contributed by atoms with van der Waals surface area (Å²) in [7, 11) is 0. The topological polar surface area (TPSA) is 56.0 Å². The maximum absolute atomic E-state index is 3.63. The number of nitrogens with zero attached hydrogens (tertiary/aromatic N) is 5. The monoisotopic (exact) mass is 121 g/mol. The summed E-state index contributed by atoms with van der Waals surface area (Å²) in [5, 5.41) is 14.5. The second-order valence-electron chi connectivity index (χ2n) is 1.57. The van der Waals surface area contributed by atoms with Gasteiger partial charge in [0.1, 0.15) is 5.52 Å². The summed E-state index contributed by atoms with van der Waals surface area (Å²) in [6.45, 7) is 0. The highest BCUT2D eigenvalue weighted by atomic mass is 15.6. The van der Waals surface area contributed by atoms with Gasteiger partial charge in [0.2, 0.25) is 0 Å². The van der Waals surface area contributed by atoms with Crippen molar-refractivity contribution in [1.29, 1.82) is 0 Å². The number of rotatable bonds is 0. The van der Waals surface area contributed by atoms with Gasteiger partial charge in [0, 0.05) is 0 Å². The molecule has 0 saturated heterocycles. The lowest BCUT2D eigenvalue weighted by atomic mass is 10.5. The summed E-state index contributed by atoms with van der Waals surface area (Å²) >= 11 is 0. The fourth-order valence-corrected chi connectivity index (χ4v) is 0.605. The van der Waals surface area contributed by atoms with Crippen LogP contribution in [0.4, 0.5) is 0 Å². The highest BCUT2D eigenvalue weighted by Crippen LogP contribution is 1.90.